The molecule has 16 heteroatoms. The van der Waals surface area contributed by atoms with Crippen LogP contribution in [0.5, 0.6) is 5.75 Å². The average molecular weight is 611 g/mol. The number of carbonyl (C=O) groups is 1. The summed E-state index contributed by atoms with van der Waals surface area (Å²) < 4.78 is 16.3. The highest BCUT2D eigenvalue weighted by atomic mass is 35.5. The van der Waals surface area contributed by atoms with E-state index in [1.165, 1.54) is 0 Å². The lowest BCUT2D eigenvalue weighted by Gasteiger charge is -2.26. The van der Waals surface area contributed by atoms with Gasteiger partial charge < -0.3 is 52.0 Å². The molecule has 0 aliphatic carbocycles. The average Bonchev–Trinajstić information content (AvgIpc) is 3.40. The number of aliphatic hydroxyl groups is 3. The Bertz CT molecular complexity index is 1190. The minimum absolute atomic E-state index is 0.0724. The number of amides is 1. The summed E-state index contributed by atoms with van der Waals surface area (Å²) in [6, 6.07) is 7.69. The van der Waals surface area contributed by atoms with E-state index in [9.17, 15) is 20.1 Å². The predicted octanol–water partition coefficient (Wildman–Crippen LogP) is -0.826. The molecule has 3 rings (SSSR count). The van der Waals surface area contributed by atoms with Gasteiger partial charge in [-0.1, -0.05) is 23.7 Å². The summed E-state index contributed by atoms with van der Waals surface area (Å²) in [5.74, 6) is -0.304. The minimum atomic E-state index is -1.37. The van der Waals surface area contributed by atoms with Crippen molar-refractivity contribution < 1.29 is 34.3 Å². The molecule has 1 aromatic carbocycles. The Morgan fingerprint density at radius 3 is 2.62 bits per heavy atom. The molecule has 0 spiro atoms. The summed E-state index contributed by atoms with van der Waals surface area (Å²) in [5.41, 5.74) is 17.9. The third-order valence-electron chi connectivity index (χ3n) is 6.33. The van der Waals surface area contributed by atoms with Gasteiger partial charge >= 0.3 is 0 Å². The third kappa shape index (κ3) is 10.2. The Labute approximate surface area is 248 Å². The minimum Gasteiger partial charge on any atom is -0.492 e. The van der Waals surface area contributed by atoms with Crippen LogP contribution in [-0.4, -0.2) is 101 Å². The zero-order valence-corrected chi connectivity index (χ0v) is 24.0. The molecule has 1 fully saturated rings. The smallest absolute Gasteiger partial charge is 0.280 e. The van der Waals surface area contributed by atoms with Crippen LogP contribution in [0.15, 0.2) is 29.3 Å². The molecule has 11 N–H and O–H groups in total. The SMILES string of the molecule is C[C@@H]1OC[C@H]([C@@H](O)[C@H](O)[C@@H](O)CNCCOc2ccc(CCCCN=C(N)NC(=O)c3nc(Cl)c(N)nc3N)cc2)O1. The van der Waals surface area contributed by atoms with Crippen molar-refractivity contribution >= 4 is 35.1 Å². The van der Waals surface area contributed by atoms with Crippen LogP contribution in [0.2, 0.25) is 5.15 Å². The largest absolute Gasteiger partial charge is 0.492 e. The molecule has 5 atom stereocenters. The lowest BCUT2D eigenvalue weighted by molar-refractivity contribution is -0.122. The Morgan fingerprint density at radius 1 is 1.19 bits per heavy atom. The van der Waals surface area contributed by atoms with Crippen molar-refractivity contribution in [3.05, 3.63) is 40.7 Å². The second kappa shape index (κ2) is 16.4. The monoisotopic (exact) mass is 610 g/mol. The number of anilines is 2. The van der Waals surface area contributed by atoms with Gasteiger partial charge in [-0.05, 0) is 43.9 Å². The topological polar surface area (TPSA) is 246 Å². The van der Waals surface area contributed by atoms with Crippen molar-refractivity contribution in [1.82, 2.24) is 20.6 Å². The number of nitrogens with zero attached hydrogens (tertiary/aromatic N) is 3. The van der Waals surface area contributed by atoms with E-state index >= 15 is 0 Å². The van der Waals surface area contributed by atoms with E-state index in [1.54, 1.807) is 6.92 Å². The molecule has 42 heavy (non-hydrogen) atoms. The number of nitrogens with two attached hydrogens (primary N) is 3. The number of benzene rings is 1. The summed E-state index contributed by atoms with van der Waals surface area (Å²) in [4.78, 5) is 24.0. The van der Waals surface area contributed by atoms with E-state index in [0.717, 1.165) is 24.8 Å². The molecule has 2 heterocycles. The quantitative estimate of drug-likeness (QED) is 0.0698. The van der Waals surface area contributed by atoms with E-state index in [-0.39, 0.29) is 41.6 Å². The summed E-state index contributed by atoms with van der Waals surface area (Å²) in [7, 11) is 0. The first-order valence-corrected chi connectivity index (χ1v) is 13.9. The van der Waals surface area contributed by atoms with Crippen molar-refractivity contribution in [2.45, 2.75) is 56.9 Å². The van der Waals surface area contributed by atoms with E-state index < -0.39 is 36.6 Å². The second-order valence-corrected chi connectivity index (χ2v) is 9.99. The van der Waals surface area contributed by atoms with Gasteiger partial charge in [0.15, 0.2) is 34.7 Å². The highest BCUT2D eigenvalue weighted by molar-refractivity contribution is 6.31. The van der Waals surface area contributed by atoms with Crippen molar-refractivity contribution in [2.24, 2.45) is 10.7 Å². The van der Waals surface area contributed by atoms with Gasteiger partial charge in [-0.3, -0.25) is 15.1 Å². The van der Waals surface area contributed by atoms with Gasteiger partial charge in [0.1, 0.15) is 30.7 Å². The zero-order valence-electron chi connectivity index (χ0n) is 23.3. The number of halogens is 1. The predicted molar refractivity (Wildman–Crippen MR) is 156 cm³/mol. The number of rotatable bonds is 15. The maximum atomic E-state index is 12.3. The fraction of sp³-hybridized carbons (Fsp3) is 0.538. The van der Waals surface area contributed by atoms with Crippen molar-refractivity contribution in [1.29, 1.82) is 0 Å². The van der Waals surface area contributed by atoms with E-state index in [4.69, 9.17) is 43.0 Å². The van der Waals surface area contributed by atoms with Crippen LogP contribution in [0.4, 0.5) is 11.6 Å². The number of nitrogens with one attached hydrogen (secondary N) is 2. The van der Waals surface area contributed by atoms with Crippen LogP contribution in [0.25, 0.3) is 0 Å². The van der Waals surface area contributed by atoms with Crippen LogP contribution in [0, 0.1) is 0 Å². The van der Waals surface area contributed by atoms with Crippen LogP contribution in [0.1, 0.15) is 35.8 Å². The Morgan fingerprint density at radius 2 is 1.93 bits per heavy atom. The molecule has 2 aromatic rings. The van der Waals surface area contributed by atoms with Crippen molar-refractivity contribution in [2.75, 3.05) is 44.3 Å². The molecule has 0 radical (unpaired) electrons. The molecular formula is C26H39ClN8O7. The first-order valence-electron chi connectivity index (χ1n) is 13.5. The highest BCUT2D eigenvalue weighted by Gasteiger charge is 2.36. The molecule has 15 nitrogen and oxygen atoms in total. The normalized spacial score (nSPS) is 19.3. The molecule has 232 valence electrons. The number of aliphatic imine (C=N–C) groups is 1. The lowest BCUT2D eigenvalue weighted by Crippen LogP contribution is -2.49. The molecule has 0 unspecified atom stereocenters. The van der Waals surface area contributed by atoms with Gasteiger partial charge in [0.2, 0.25) is 0 Å². The number of ether oxygens (including phenoxy) is 3. The number of aryl methyl sites for hydroxylation is 1. The first-order chi connectivity index (χ1) is 20.0. The maximum Gasteiger partial charge on any atom is 0.280 e. The fourth-order valence-electron chi connectivity index (χ4n) is 4.01. The van der Waals surface area contributed by atoms with Gasteiger partial charge in [0.05, 0.1) is 12.7 Å². The van der Waals surface area contributed by atoms with Crippen molar-refractivity contribution in [3.63, 3.8) is 0 Å². The second-order valence-electron chi connectivity index (χ2n) is 9.63. The molecule has 1 amide bonds. The number of unbranched alkanes of at least 4 members (excludes halogenated alkanes) is 1. The van der Waals surface area contributed by atoms with Crippen LogP contribution in [-0.2, 0) is 15.9 Å². The van der Waals surface area contributed by atoms with Crippen molar-refractivity contribution in [3.8, 4) is 5.75 Å². The molecule has 0 bridgehead atoms. The summed E-state index contributed by atoms with van der Waals surface area (Å²) in [5, 5.41) is 35.7. The number of nitrogen functional groups attached to an aromatic ring is 2. The van der Waals surface area contributed by atoms with E-state index in [2.05, 4.69) is 25.6 Å². The molecule has 1 saturated heterocycles. The lowest BCUT2D eigenvalue weighted by atomic mass is 10.0. The number of carbonyl (C=O) groups excluding carboxylic acids is 1. The van der Waals surface area contributed by atoms with Gasteiger partial charge in [0.25, 0.3) is 5.91 Å². The van der Waals surface area contributed by atoms with Gasteiger partial charge in [0, 0.05) is 19.6 Å². The Kier molecular flexibility index (Phi) is 12.9. The standard InChI is InChI=1S/C26H39ClN8O7/c1-14-41-13-18(42-14)21(38)20(37)17(36)12-31-10-11-40-16-7-5-15(6-8-16)4-2-3-9-32-26(30)35-25(39)19-23(28)34-24(29)22(27)33-19/h5-8,14,17-18,20-21,31,36-38H,2-4,9-13H2,1H3,(H4,28,29,34)(H3,30,32,35,39)/t14-,17+,18-,20-,21-/m1/s1. The van der Waals surface area contributed by atoms with Crippen LogP contribution >= 0.6 is 11.6 Å². The zero-order chi connectivity index (χ0) is 30.6. The van der Waals surface area contributed by atoms with Gasteiger partial charge in [-0.25, -0.2) is 9.97 Å². The summed E-state index contributed by atoms with van der Waals surface area (Å²) >= 11 is 5.79. The van der Waals surface area contributed by atoms with Crippen LogP contribution in [0.3, 0.4) is 0 Å². The summed E-state index contributed by atoms with van der Waals surface area (Å²) in [6.07, 6.45) is -2.52. The molecule has 1 aliphatic rings. The van der Waals surface area contributed by atoms with Crippen LogP contribution < -0.4 is 32.6 Å². The number of guanidine groups is 1. The Balaban J connectivity index is 1.27. The van der Waals surface area contributed by atoms with Gasteiger partial charge in [-0.15, -0.1) is 0 Å². The van der Waals surface area contributed by atoms with E-state index in [0.29, 0.717) is 25.4 Å². The highest BCUT2D eigenvalue weighted by Crippen LogP contribution is 2.18. The number of aliphatic hydroxyl groups excluding tert-OH is 3. The maximum absolute atomic E-state index is 12.3. The molecule has 1 aromatic heterocycles. The third-order valence-corrected chi connectivity index (χ3v) is 6.61. The van der Waals surface area contributed by atoms with E-state index in [1.807, 2.05) is 24.3 Å². The first kappa shape index (κ1) is 33.2. The molecular weight excluding hydrogens is 572 g/mol. The fourth-order valence-corrected chi connectivity index (χ4v) is 4.14. The number of aromatic nitrogens is 2. The van der Waals surface area contributed by atoms with Gasteiger partial charge in [-0.2, -0.15) is 0 Å². The Hall–Kier alpha value is -3.31. The number of hydrogen-bond donors (Lipinski definition) is 8. The number of hydrogen-bond acceptors (Lipinski definition) is 13. The molecule has 1 aliphatic heterocycles. The molecule has 0 saturated carbocycles. The summed E-state index contributed by atoms with van der Waals surface area (Å²) in [6.45, 7) is 3.13.